The molecule has 2 nitrogen and oxygen atoms in total. The van der Waals surface area contributed by atoms with Gasteiger partial charge in [-0.05, 0) is 33.6 Å². The molecule has 0 aromatic rings. The summed E-state index contributed by atoms with van der Waals surface area (Å²) in [6.07, 6.45) is 9.60. The van der Waals surface area contributed by atoms with Gasteiger partial charge in [-0.1, -0.05) is 38.7 Å². The zero-order valence-corrected chi connectivity index (χ0v) is 12.1. The maximum absolute atomic E-state index is 11.9. The van der Waals surface area contributed by atoms with Crippen LogP contribution in [0.15, 0.2) is 11.6 Å². The van der Waals surface area contributed by atoms with Crippen LogP contribution in [0.25, 0.3) is 0 Å². The van der Waals surface area contributed by atoms with Crippen LogP contribution in [0.3, 0.4) is 0 Å². The van der Waals surface area contributed by atoms with Gasteiger partial charge < -0.3 is 4.90 Å². The fraction of sp³-hybridized carbons (Fsp3) is 0.800. The number of rotatable bonds is 9. The molecule has 17 heavy (non-hydrogen) atoms. The number of hydrogen-bond acceptors (Lipinski definition) is 1. The third-order valence-electron chi connectivity index (χ3n) is 3.15. The van der Waals surface area contributed by atoms with Crippen molar-refractivity contribution in [2.75, 3.05) is 13.1 Å². The number of likely N-dealkylation sites (N-methyl/N-ethyl adjacent to an activating group) is 1. The Bertz CT molecular complexity index is 229. The molecule has 0 rings (SSSR count). The fourth-order valence-electron chi connectivity index (χ4n) is 1.91. The highest BCUT2D eigenvalue weighted by molar-refractivity contribution is 5.92. The van der Waals surface area contributed by atoms with E-state index in [1.165, 1.54) is 32.1 Å². The number of carbonyl (C=O) groups is 1. The molecular formula is C15H29NO. The highest BCUT2D eigenvalue weighted by Gasteiger charge is 2.10. The quantitative estimate of drug-likeness (QED) is 0.437. The van der Waals surface area contributed by atoms with Gasteiger partial charge in [-0.25, -0.2) is 0 Å². The standard InChI is InChI=1S/C15H29NO/c1-5-8-9-10-11-12-13-14(4)15(17)16(6-2)7-3/h13H,5-12H2,1-4H3/b14-13+. The third-order valence-corrected chi connectivity index (χ3v) is 3.15. The predicted octanol–water partition coefficient (Wildman–Crippen LogP) is 4.16. The SMILES string of the molecule is CCCCCCC/C=C(\C)C(=O)N(CC)CC. The van der Waals surface area contributed by atoms with Gasteiger partial charge >= 0.3 is 0 Å². The zero-order chi connectivity index (χ0) is 13.1. The molecule has 0 atom stereocenters. The van der Waals surface area contributed by atoms with Gasteiger partial charge in [-0.3, -0.25) is 4.79 Å². The Kier molecular flexibility index (Phi) is 9.89. The van der Waals surface area contributed by atoms with Gasteiger partial charge in [0.05, 0.1) is 0 Å². The second-order valence-electron chi connectivity index (χ2n) is 4.57. The first-order chi connectivity index (χ1) is 8.17. The molecule has 0 bridgehead atoms. The van der Waals surface area contributed by atoms with Crippen LogP contribution in [0.4, 0.5) is 0 Å². The van der Waals surface area contributed by atoms with Gasteiger partial charge in [0.1, 0.15) is 0 Å². The van der Waals surface area contributed by atoms with E-state index in [0.29, 0.717) is 0 Å². The number of carbonyl (C=O) groups excluding carboxylic acids is 1. The lowest BCUT2D eigenvalue weighted by Gasteiger charge is -2.18. The monoisotopic (exact) mass is 239 g/mol. The van der Waals surface area contributed by atoms with Crippen molar-refractivity contribution in [2.45, 2.75) is 66.2 Å². The largest absolute Gasteiger partial charge is 0.340 e. The van der Waals surface area contributed by atoms with E-state index >= 15 is 0 Å². The molecule has 0 heterocycles. The Labute approximate surface area is 107 Å². The van der Waals surface area contributed by atoms with E-state index in [9.17, 15) is 4.79 Å². The minimum Gasteiger partial charge on any atom is -0.340 e. The molecule has 0 aliphatic heterocycles. The first-order valence-electron chi connectivity index (χ1n) is 7.13. The lowest BCUT2D eigenvalue weighted by molar-refractivity contribution is -0.126. The normalized spacial score (nSPS) is 11.6. The van der Waals surface area contributed by atoms with Crippen LogP contribution < -0.4 is 0 Å². The summed E-state index contributed by atoms with van der Waals surface area (Å²) in [7, 11) is 0. The number of amides is 1. The van der Waals surface area contributed by atoms with E-state index in [4.69, 9.17) is 0 Å². The predicted molar refractivity (Wildman–Crippen MR) is 75.1 cm³/mol. The molecule has 0 spiro atoms. The molecule has 0 radical (unpaired) electrons. The van der Waals surface area contributed by atoms with Crippen LogP contribution in [0.1, 0.15) is 66.2 Å². The molecular weight excluding hydrogens is 210 g/mol. The summed E-state index contributed by atoms with van der Waals surface area (Å²) < 4.78 is 0. The summed E-state index contributed by atoms with van der Waals surface area (Å²) in [6, 6.07) is 0. The molecule has 0 aromatic heterocycles. The van der Waals surface area contributed by atoms with Crippen molar-refractivity contribution in [1.82, 2.24) is 4.90 Å². The number of hydrogen-bond donors (Lipinski definition) is 0. The summed E-state index contributed by atoms with van der Waals surface area (Å²) in [5.41, 5.74) is 0.907. The van der Waals surface area contributed by atoms with Crippen molar-refractivity contribution in [3.63, 3.8) is 0 Å². The second kappa shape index (κ2) is 10.4. The third kappa shape index (κ3) is 7.19. The molecule has 0 saturated carbocycles. The van der Waals surface area contributed by atoms with Crippen molar-refractivity contribution in [2.24, 2.45) is 0 Å². The topological polar surface area (TPSA) is 20.3 Å². The minimum absolute atomic E-state index is 0.198. The van der Waals surface area contributed by atoms with E-state index in [1.54, 1.807) is 0 Å². The van der Waals surface area contributed by atoms with Crippen LogP contribution in [-0.2, 0) is 4.79 Å². The number of unbranched alkanes of at least 4 members (excludes halogenated alkanes) is 5. The van der Waals surface area contributed by atoms with Gasteiger partial charge in [0.15, 0.2) is 0 Å². The molecule has 1 amide bonds. The van der Waals surface area contributed by atoms with Crippen LogP contribution in [0.5, 0.6) is 0 Å². The van der Waals surface area contributed by atoms with Gasteiger partial charge in [-0.2, -0.15) is 0 Å². The Morgan fingerprint density at radius 1 is 1.00 bits per heavy atom. The molecule has 0 aliphatic carbocycles. The average molecular weight is 239 g/mol. The van der Waals surface area contributed by atoms with E-state index in [2.05, 4.69) is 13.0 Å². The first-order valence-corrected chi connectivity index (χ1v) is 7.13. The second-order valence-corrected chi connectivity index (χ2v) is 4.57. The highest BCUT2D eigenvalue weighted by atomic mass is 16.2. The van der Waals surface area contributed by atoms with Gasteiger partial charge in [-0.15, -0.1) is 0 Å². The smallest absolute Gasteiger partial charge is 0.249 e. The maximum Gasteiger partial charge on any atom is 0.249 e. The van der Waals surface area contributed by atoms with Crippen molar-refractivity contribution in [3.05, 3.63) is 11.6 Å². The molecule has 0 fully saturated rings. The summed E-state index contributed by atoms with van der Waals surface area (Å²) in [6.45, 7) is 9.83. The van der Waals surface area contributed by atoms with Crippen LogP contribution in [-0.4, -0.2) is 23.9 Å². The Balaban J connectivity index is 3.87. The van der Waals surface area contributed by atoms with Crippen molar-refractivity contribution >= 4 is 5.91 Å². The lowest BCUT2D eigenvalue weighted by Crippen LogP contribution is -2.30. The van der Waals surface area contributed by atoms with E-state index in [0.717, 1.165) is 25.1 Å². The Hall–Kier alpha value is -0.790. The average Bonchev–Trinajstić information content (AvgIpc) is 2.34. The zero-order valence-electron chi connectivity index (χ0n) is 12.1. The maximum atomic E-state index is 11.9. The van der Waals surface area contributed by atoms with Crippen LogP contribution in [0.2, 0.25) is 0 Å². The minimum atomic E-state index is 0.198. The van der Waals surface area contributed by atoms with Crippen LogP contribution in [0, 0.1) is 0 Å². The van der Waals surface area contributed by atoms with Gasteiger partial charge in [0, 0.05) is 18.7 Å². The summed E-state index contributed by atoms with van der Waals surface area (Å²) in [4.78, 5) is 13.8. The highest BCUT2D eigenvalue weighted by Crippen LogP contribution is 2.08. The molecule has 0 unspecified atom stereocenters. The Morgan fingerprint density at radius 2 is 1.59 bits per heavy atom. The van der Waals surface area contributed by atoms with Gasteiger partial charge in [0.25, 0.3) is 0 Å². The molecule has 100 valence electrons. The molecule has 2 heteroatoms. The summed E-state index contributed by atoms with van der Waals surface area (Å²) >= 11 is 0. The van der Waals surface area contributed by atoms with Crippen LogP contribution >= 0.6 is 0 Å². The Morgan fingerprint density at radius 3 is 2.12 bits per heavy atom. The summed E-state index contributed by atoms with van der Waals surface area (Å²) in [5.74, 6) is 0.198. The van der Waals surface area contributed by atoms with Crippen molar-refractivity contribution in [3.8, 4) is 0 Å². The molecule has 0 aromatic carbocycles. The van der Waals surface area contributed by atoms with Gasteiger partial charge in [0.2, 0.25) is 5.91 Å². The lowest BCUT2D eigenvalue weighted by atomic mass is 10.1. The fourth-order valence-corrected chi connectivity index (χ4v) is 1.91. The summed E-state index contributed by atoms with van der Waals surface area (Å²) in [5, 5.41) is 0. The molecule has 0 aliphatic rings. The van der Waals surface area contributed by atoms with E-state index < -0.39 is 0 Å². The van der Waals surface area contributed by atoms with Crippen molar-refractivity contribution < 1.29 is 4.79 Å². The first kappa shape index (κ1) is 16.2. The van der Waals surface area contributed by atoms with E-state index in [-0.39, 0.29) is 5.91 Å². The van der Waals surface area contributed by atoms with Crippen molar-refractivity contribution in [1.29, 1.82) is 0 Å². The van der Waals surface area contributed by atoms with E-state index in [1.807, 2.05) is 25.7 Å². The molecule has 0 saturated heterocycles. The number of nitrogens with zero attached hydrogens (tertiary/aromatic N) is 1. The molecule has 0 N–H and O–H groups in total. The number of allylic oxidation sites excluding steroid dienone is 1.